The predicted molar refractivity (Wildman–Crippen MR) is 95.4 cm³/mol. The van der Waals surface area contributed by atoms with E-state index in [1.54, 1.807) is 24.3 Å². The Labute approximate surface area is 150 Å². The number of carbonyl (C=O) groups is 1. The van der Waals surface area contributed by atoms with Crippen LogP contribution in [0.25, 0.3) is 21.6 Å². The van der Waals surface area contributed by atoms with Gasteiger partial charge in [-0.05, 0) is 28.8 Å². The number of tetrazole rings is 1. The van der Waals surface area contributed by atoms with Crippen molar-refractivity contribution in [3.63, 3.8) is 0 Å². The summed E-state index contributed by atoms with van der Waals surface area (Å²) in [6.45, 7) is -0.176. The van der Waals surface area contributed by atoms with Gasteiger partial charge in [0.25, 0.3) is 5.56 Å². The van der Waals surface area contributed by atoms with E-state index in [1.807, 2.05) is 17.5 Å². The number of hydrogen-bond acceptors (Lipinski definition) is 7. The van der Waals surface area contributed by atoms with Crippen LogP contribution in [-0.2, 0) is 17.9 Å². The van der Waals surface area contributed by atoms with Crippen molar-refractivity contribution < 1.29 is 4.79 Å². The minimum Gasteiger partial charge on any atom is -0.368 e. The lowest BCUT2D eigenvalue weighted by Gasteiger charge is -2.11. The smallest absolute Gasteiger partial charge is 0.261 e. The van der Waals surface area contributed by atoms with Gasteiger partial charge in [0.15, 0.2) is 0 Å². The first-order chi connectivity index (χ1) is 12.6. The van der Waals surface area contributed by atoms with Gasteiger partial charge < -0.3 is 5.73 Å². The SMILES string of the molecule is NC(=O)Cn1c(Cn2nnc(-c3cccs3)n2)nc2ccccc2c1=O. The second-order valence-corrected chi connectivity index (χ2v) is 6.47. The summed E-state index contributed by atoms with van der Waals surface area (Å²) in [6, 6.07) is 10.7. The molecule has 0 aliphatic rings. The Morgan fingerprint density at radius 3 is 2.81 bits per heavy atom. The summed E-state index contributed by atoms with van der Waals surface area (Å²) in [5.74, 6) is 0.198. The molecule has 0 aliphatic carbocycles. The lowest BCUT2D eigenvalue weighted by atomic mass is 10.2. The van der Waals surface area contributed by atoms with Crippen molar-refractivity contribution in [3.05, 3.63) is 58.0 Å². The monoisotopic (exact) mass is 367 g/mol. The molecule has 0 aliphatic heterocycles. The summed E-state index contributed by atoms with van der Waals surface area (Å²) in [5, 5.41) is 14.7. The summed E-state index contributed by atoms with van der Waals surface area (Å²) < 4.78 is 1.25. The molecule has 0 saturated heterocycles. The Hall–Kier alpha value is -3.40. The van der Waals surface area contributed by atoms with Gasteiger partial charge in [-0.3, -0.25) is 14.2 Å². The van der Waals surface area contributed by atoms with E-state index < -0.39 is 5.91 Å². The van der Waals surface area contributed by atoms with E-state index >= 15 is 0 Å². The van der Waals surface area contributed by atoms with E-state index in [0.29, 0.717) is 22.6 Å². The van der Waals surface area contributed by atoms with Crippen LogP contribution in [0, 0.1) is 0 Å². The van der Waals surface area contributed by atoms with Crippen LogP contribution in [0.2, 0.25) is 0 Å². The predicted octanol–water partition coefficient (Wildman–Crippen LogP) is 0.645. The molecular formula is C16H13N7O2S. The average Bonchev–Trinajstić information content (AvgIpc) is 3.29. The Balaban J connectivity index is 1.77. The molecular weight excluding hydrogens is 354 g/mol. The van der Waals surface area contributed by atoms with Gasteiger partial charge in [-0.2, -0.15) is 4.80 Å². The third kappa shape index (κ3) is 2.97. The number of aromatic nitrogens is 6. The van der Waals surface area contributed by atoms with Gasteiger partial charge in [-0.15, -0.1) is 21.5 Å². The lowest BCUT2D eigenvalue weighted by molar-refractivity contribution is -0.118. The van der Waals surface area contributed by atoms with Crippen molar-refractivity contribution in [1.29, 1.82) is 0 Å². The second-order valence-electron chi connectivity index (χ2n) is 5.52. The molecule has 3 aromatic heterocycles. The number of rotatable bonds is 5. The topological polar surface area (TPSA) is 122 Å². The zero-order chi connectivity index (χ0) is 18.1. The van der Waals surface area contributed by atoms with Crippen molar-refractivity contribution in [1.82, 2.24) is 29.8 Å². The van der Waals surface area contributed by atoms with Crippen molar-refractivity contribution in [2.45, 2.75) is 13.1 Å². The standard InChI is InChI=1S/C16H13N7O2S/c17-13(24)8-22-14(18-11-5-2-1-4-10(11)16(22)25)9-23-20-15(19-21-23)12-6-3-7-26-12/h1-7H,8-9H2,(H2,17,24). The molecule has 0 bridgehead atoms. The fourth-order valence-corrected chi connectivity index (χ4v) is 3.24. The van der Waals surface area contributed by atoms with Crippen LogP contribution in [0.5, 0.6) is 0 Å². The fourth-order valence-electron chi connectivity index (χ4n) is 2.59. The zero-order valence-corrected chi connectivity index (χ0v) is 14.3. The van der Waals surface area contributed by atoms with E-state index in [-0.39, 0.29) is 18.6 Å². The van der Waals surface area contributed by atoms with Crippen LogP contribution in [-0.4, -0.2) is 35.7 Å². The molecule has 0 saturated carbocycles. The molecule has 26 heavy (non-hydrogen) atoms. The van der Waals surface area contributed by atoms with Gasteiger partial charge in [0.1, 0.15) is 18.9 Å². The highest BCUT2D eigenvalue weighted by atomic mass is 32.1. The molecule has 0 fully saturated rings. The number of fused-ring (bicyclic) bond motifs is 1. The minimum absolute atomic E-state index is 0.0890. The number of nitrogens with zero attached hydrogens (tertiary/aromatic N) is 6. The molecule has 0 unspecified atom stereocenters. The summed E-state index contributed by atoms with van der Waals surface area (Å²) >= 11 is 1.50. The third-order valence-electron chi connectivity index (χ3n) is 3.73. The first kappa shape index (κ1) is 16.1. The quantitative estimate of drug-likeness (QED) is 0.552. The lowest BCUT2D eigenvalue weighted by Crippen LogP contribution is -2.32. The molecule has 9 nitrogen and oxygen atoms in total. The van der Waals surface area contributed by atoms with Crippen LogP contribution < -0.4 is 11.3 Å². The molecule has 3 heterocycles. The number of carbonyl (C=O) groups excluding carboxylic acids is 1. The Morgan fingerprint density at radius 2 is 2.04 bits per heavy atom. The molecule has 4 aromatic rings. The molecule has 0 radical (unpaired) electrons. The Kier molecular flexibility index (Phi) is 4.01. The highest BCUT2D eigenvalue weighted by Crippen LogP contribution is 2.19. The molecule has 4 rings (SSSR count). The van der Waals surface area contributed by atoms with Crippen molar-refractivity contribution in [3.8, 4) is 10.7 Å². The highest BCUT2D eigenvalue weighted by Gasteiger charge is 2.15. The van der Waals surface area contributed by atoms with Crippen LogP contribution in [0.4, 0.5) is 0 Å². The number of benzene rings is 1. The molecule has 10 heteroatoms. The maximum absolute atomic E-state index is 12.7. The van der Waals surface area contributed by atoms with Gasteiger partial charge >= 0.3 is 0 Å². The van der Waals surface area contributed by atoms with Gasteiger partial charge in [-0.1, -0.05) is 18.2 Å². The first-order valence-electron chi connectivity index (χ1n) is 7.70. The van der Waals surface area contributed by atoms with Crippen molar-refractivity contribution in [2.75, 3.05) is 0 Å². The van der Waals surface area contributed by atoms with E-state index in [9.17, 15) is 9.59 Å². The average molecular weight is 367 g/mol. The molecule has 2 N–H and O–H groups in total. The zero-order valence-electron chi connectivity index (χ0n) is 13.4. The number of para-hydroxylation sites is 1. The molecule has 1 amide bonds. The number of hydrogen-bond donors (Lipinski definition) is 1. The summed E-state index contributed by atoms with van der Waals surface area (Å²) in [5.41, 5.74) is 5.50. The summed E-state index contributed by atoms with van der Waals surface area (Å²) in [4.78, 5) is 30.8. The minimum atomic E-state index is -0.628. The Bertz CT molecular complexity index is 1150. The number of primary amides is 1. The number of thiophene rings is 1. The van der Waals surface area contributed by atoms with E-state index in [1.165, 1.54) is 20.7 Å². The third-order valence-corrected chi connectivity index (χ3v) is 4.60. The molecule has 0 spiro atoms. The molecule has 130 valence electrons. The Morgan fingerprint density at radius 1 is 1.19 bits per heavy atom. The maximum atomic E-state index is 12.7. The maximum Gasteiger partial charge on any atom is 0.261 e. The number of nitrogens with two attached hydrogens (primary N) is 1. The second kappa shape index (κ2) is 6.48. The first-order valence-corrected chi connectivity index (χ1v) is 8.58. The van der Waals surface area contributed by atoms with Crippen LogP contribution >= 0.6 is 11.3 Å². The fraction of sp³-hybridized carbons (Fsp3) is 0.125. The number of amides is 1. The van der Waals surface area contributed by atoms with Crippen LogP contribution in [0.1, 0.15) is 5.82 Å². The van der Waals surface area contributed by atoms with Gasteiger partial charge in [0.2, 0.25) is 11.7 Å². The van der Waals surface area contributed by atoms with E-state index in [2.05, 4.69) is 20.4 Å². The van der Waals surface area contributed by atoms with Gasteiger partial charge in [0, 0.05) is 0 Å². The van der Waals surface area contributed by atoms with E-state index in [4.69, 9.17) is 5.73 Å². The van der Waals surface area contributed by atoms with Crippen LogP contribution in [0.3, 0.4) is 0 Å². The van der Waals surface area contributed by atoms with Gasteiger partial charge in [-0.25, -0.2) is 4.98 Å². The van der Waals surface area contributed by atoms with Gasteiger partial charge in [0.05, 0.1) is 15.8 Å². The van der Waals surface area contributed by atoms with Crippen molar-refractivity contribution in [2.24, 2.45) is 5.73 Å². The summed E-state index contributed by atoms with van der Waals surface area (Å²) in [6.07, 6.45) is 0. The largest absolute Gasteiger partial charge is 0.368 e. The van der Waals surface area contributed by atoms with Crippen LogP contribution in [0.15, 0.2) is 46.6 Å². The van der Waals surface area contributed by atoms with Crippen molar-refractivity contribution >= 4 is 28.1 Å². The normalized spacial score (nSPS) is 11.1. The molecule has 1 aromatic carbocycles. The molecule has 0 atom stereocenters. The highest BCUT2D eigenvalue weighted by molar-refractivity contribution is 7.13. The summed E-state index contributed by atoms with van der Waals surface area (Å²) in [7, 11) is 0. The van der Waals surface area contributed by atoms with E-state index in [0.717, 1.165) is 4.88 Å².